The number of alkyl halides is 1. The zero-order valence-corrected chi connectivity index (χ0v) is 21.6. The molecule has 0 aliphatic carbocycles. The van der Waals surface area contributed by atoms with Crippen LogP contribution in [0.25, 0.3) is 6.08 Å². The van der Waals surface area contributed by atoms with Crippen molar-refractivity contribution in [2.45, 2.75) is 76.2 Å². The van der Waals surface area contributed by atoms with Gasteiger partial charge < -0.3 is 0 Å². The highest BCUT2D eigenvalue weighted by molar-refractivity contribution is 5.63. The van der Waals surface area contributed by atoms with Gasteiger partial charge in [0.1, 0.15) is 0 Å². The average Bonchev–Trinajstić information content (AvgIpc) is 2.78. The molecule has 0 atom stereocenters. The van der Waals surface area contributed by atoms with Crippen molar-refractivity contribution in [3.05, 3.63) is 86.0 Å². The minimum absolute atomic E-state index is 0.500. The van der Waals surface area contributed by atoms with Gasteiger partial charge in [-0.05, 0) is 143 Å². The van der Waals surface area contributed by atoms with Gasteiger partial charge in [-0.1, -0.05) is 0 Å². The summed E-state index contributed by atoms with van der Waals surface area (Å²) in [6.07, 6.45) is -0.673. The molecule has 2 aromatic rings. The Balaban J connectivity index is 0. The topological polar surface area (TPSA) is 0 Å². The first-order chi connectivity index (χ1) is 14.3. The first kappa shape index (κ1) is 30.9. The van der Waals surface area contributed by atoms with Crippen LogP contribution in [0.4, 0.5) is 13.2 Å². The van der Waals surface area contributed by atoms with Gasteiger partial charge in [-0.25, -0.2) is 0 Å². The number of halogens is 3. The third-order valence-electron chi connectivity index (χ3n) is 6.69. The summed E-state index contributed by atoms with van der Waals surface area (Å²) in [4.78, 5) is 0. The van der Waals surface area contributed by atoms with E-state index in [1.165, 1.54) is 38.9 Å². The normalized spacial score (nSPS) is 9.39. The summed E-state index contributed by atoms with van der Waals surface area (Å²) < 4.78 is 34.1. The molecule has 0 amide bonds. The molecule has 3 heteroatoms. The lowest BCUT2D eigenvalue weighted by Crippen LogP contribution is -1.99. The van der Waals surface area contributed by atoms with E-state index in [-0.39, 0.29) is 0 Å². The third-order valence-corrected chi connectivity index (χ3v) is 6.69. The molecule has 31 heavy (non-hydrogen) atoms. The van der Waals surface area contributed by atoms with E-state index in [1.54, 1.807) is 0 Å². The van der Waals surface area contributed by atoms with Crippen LogP contribution >= 0.6 is 0 Å². The second-order valence-corrected chi connectivity index (χ2v) is 7.72. The lowest BCUT2D eigenvalue weighted by molar-refractivity contribution is 0.429. The molecule has 0 saturated carbocycles. The molecule has 0 bridgehead atoms. The van der Waals surface area contributed by atoms with Gasteiger partial charge in [-0.3, -0.25) is 4.39 Å². The molecule has 0 saturated heterocycles. The van der Waals surface area contributed by atoms with Crippen molar-refractivity contribution in [1.82, 2.24) is 0 Å². The van der Waals surface area contributed by atoms with E-state index in [0.29, 0.717) is 12.7 Å². The van der Waals surface area contributed by atoms with Gasteiger partial charge in [0.15, 0.2) is 0 Å². The van der Waals surface area contributed by atoms with Crippen molar-refractivity contribution in [1.29, 1.82) is 0 Å². The second kappa shape index (κ2) is 13.9. The van der Waals surface area contributed by atoms with Crippen LogP contribution in [0.15, 0.2) is 19.2 Å². The van der Waals surface area contributed by atoms with Crippen LogP contribution in [-0.2, 0) is 0 Å². The summed E-state index contributed by atoms with van der Waals surface area (Å²) in [5.41, 5.74) is 14.7. The Bertz CT molecular complexity index is 781. The minimum atomic E-state index is -1.64. The Kier molecular flexibility index (Phi) is 13.9. The number of hydrogen-bond donors (Lipinski definition) is 0. The van der Waals surface area contributed by atoms with Crippen molar-refractivity contribution in [2.24, 2.45) is 0 Å². The van der Waals surface area contributed by atoms with Crippen LogP contribution in [0.5, 0.6) is 0 Å². The number of rotatable bonds is 1. The predicted octanol–water partition coefficient (Wildman–Crippen LogP) is 9.39. The van der Waals surface area contributed by atoms with Crippen molar-refractivity contribution < 1.29 is 13.2 Å². The Morgan fingerprint density at radius 2 is 0.613 bits per heavy atom. The first-order valence-corrected chi connectivity index (χ1v) is 10.3. The van der Waals surface area contributed by atoms with E-state index in [9.17, 15) is 13.2 Å². The van der Waals surface area contributed by atoms with E-state index in [4.69, 9.17) is 0 Å². The van der Waals surface area contributed by atoms with Gasteiger partial charge in [0.05, 0.1) is 7.18 Å². The summed E-state index contributed by atoms with van der Waals surface area (Å²) in [6.45, 7) is 29.0. The predicted molar refractivity (Wildman–Crippen MR) is 133 cm³/mol. The summed E-state index contributed by atoms with van der Waals surface area (Å²) in [6, 6.07) is 0. The molecule has 0 aromatic heterocycles. The van der Waals surface area contributed by atoms with Gasteiger partial charge in [-0.2, -0.15) is 8.78 Å². The van der Waals surface area contributed by atoms with Crippen molar-refractivity contribution in [2.75, 3.05) is 7.18 Å². The molecule has 0 N–H and O–H groups in total. The molecular formula is C28H41F3. The molecular weight excluding hydrogens is 393 g/mol. The molecule has 0 spiro atoms. The lowest BCUT2D eigenvalue weighted by Gasteiger charge is -2.16. The largest absolute Gasteiger partial charge is 0.270 e. The zero-order valence-electron chi connectivity index (χ0n) is 21.6. The van der Waals surface area contributed by atoms with E-state index >= 15 is 0 Å². The summed E-state index contributed by atoms with van der Waals surface area (Å²) in [7, 11) is 0.500. The van der Waals surface area contributed by atoms with Gasteiger partial charge in [0.2, 0.25) is 0 Å². The van der Waals surface area contributed by atoms with Gasteiger partial charge in [-0.15, -0.1) is 13.2 Å². The Morgan fingerprint density at radius 1 is 0.452 bits per heavy atom. The fourth-order valence-corrected chi connectivity index (χ4v) is 3.54. The molecule has 0 unspecified atom stereocenters. The molecule has 0 fully saturated rings. The summed E-state index contributed by atoms with van der Waals surface area (Å²) in [5, 5.41) is 0. The summed E-state index contributed by atoms with van der Waals surface area (Å²) in [5.74, 6) is 0. The molecule has 0 aliphatic heterocycles. The Labute approximate surface area is 188 Å². The molecule has 2 aromatic carbocycles. The smallest absolute Gasteiger partial charge is 0.255 e. The van der Waals surface area contributed by atoms with Gasteiger partial charge >= 0.3 is 0 Å². The van der Waals surface area contributed by atoms with Crippen LogP contribution in [0.3, 0.4) is 0 Å². The third kappa shape index (κ3) is 7.41. The highest BCUT2D eigenvalue weighted by Gasteiger charge is 2.11. The Morgan fingerprint density at radius 3 is 0.774 bits per heavy atom. The molecule has 174 valence electrons. The van der Waals surface area contributed by atoms with Crippen molar-refractivity contribution in [3.63, 3.8) is 0 Å². The lowest BCUT2D eigenvalue weighted by atomic mass is 9.90. The molecule has 0 heterocycles. The number of hydrogen-bond acceptors (Lipinski definition) is 0. The highest BCUT2D eigenvalue weighted by Crippen LogP contribution is 2.28. The molecule has 0 aliphatic rings. The van der Waals surface area contributed by atoms with Crippen molar-refractivity contribution >= 4 is 6.08 Å². The maximum absolute atomic E-state index is 12.3. The minimum Gasteiger partial charge on any atom is -0.255 e. The average molecular weight is 435 g/mol. The molecule has 2 rings (SSSR count). The van der Waals surface area contributed by atoms with Crippen LogP contribution in [0, 0.1) is 76.2 Å². The van der Waals surface area contributed by atoms with Gasteiger partial charge in [0.25, 0.3) is 6.08 Å². The standard InChI is InChI=1S/C13H16F2.C12H18.C2H4.CH3F/c1-7-8(2)10(4)12(6-13(14)15)11(5)9(7)3;1-7-8(2)10(4)12(6)11(5)9(7)3;2*1-2/h6H,1-5H3;1-6H3;1-2H2;1H3. The quantitative estimate of drug-likeness (QED) is 0.392. The van der Waals surface area contributed by atoms with Crippen molar-refractivity contribution in [3.8, 4) is 0 Å². The van der Waals surface area contributed by atoms with Crippen LogP contribution < -0.4 is 0 Å². The highest BCUT2D eigenvalue weighted by atomic mass is 19.3. The second-order valence-electron chi connectivity index (χ2n) is 7.72. The van der Waals surface area contributed by atoms with Crippen LogP contribution in [-0.4, -0.2) is 7.18 Å². The molecule has 0 nitrogen and oxygen atoms in total. The maximum atomic E-state index is 12.3. The summed E-state index contributed by atoms with van der Waals surface area (Å²) >= 11 is 0. The first-order valence-electron chi connectivity index (χ1n) is 10.3. The van der Waals surface area contributed by atoms with E-state index < -0.39 is 6.08 Å². The van der Waals surface area contributed by atoms with E-state index in [1.807, 2.05) is 34.6 Å². The van der Waals surface area contributed by atoms with E-state index in [0.717, 1.165) is 28.3 Å². The van der Waals surface area contributed by atoms with Crippen LogP contribution in [0.1, 0.15) is 66.8 Å². The fourth-order valence-electron chi connectivity index (χ4n) is 3.54. The van der Waals surface area contributed by atoms with E-state index in [2.05, 4.69) is 54.7 Å². The zero-order chi connectivity index (χ0) is 25.2. The van der Waals surface area contributed by atoms with Gasteiger partial charge in [0, 0.05) is 6.08 Å². The maximum Gasteiger partial charge on any atom is 0.270 e. The van der Waals surface area contributed by atoms with Crippen LogP contribution in [0.2, 0.25) is 0 Å². The SMILES string of the molecule is C=C.CF.Cc1c(C)c(C)c(C)c(C)c1C.Cc1c(C)c(C)c(C=C(F)F)c(C)c1C. The molecule has 0 radical (unpaired) electrons. The number of benzene rings is 2. The monoisotopic (exact) mass is 434 g/mol. The fraction of sp³-hybridized carbons (Fsp3) is 0.429. The Hall–Kier alpha value is -2.29.